The Morgan fingerprint density at radius 1 is 1.17 bits per heavy atom. The Morgan fingerprint density at radius 2 is 1.94 bits per heavy atom. The van der Waals surface area contributed by atoms with Crippen LogP contribution < -0.4 is 5.32 Å². The Kier molecular flexibility index (Phi) is 3.91. The number of aromatic nitrogens is 1. The zero-order valence-corrected chi connectivity index (χ0v) is 11.3. The molecule has 2 aromatic rings. The van der Waals surface area contributed by atoms with Crippen molar-refractivity contribution in [3.8, 4) is 0 Å². The molecule has 0 aliphatic heterocycles. The van der Waals surface area contributed by atoms with Crippen molar-refractivity contribution in [2.75, 3.05) is 5.32 Å². The molecular weight excluding hydrogens is 302 g/mol. The summed E-state index contributed by atoms with van der Waals surface area (Å²) in [5, 5.41) is 3.13. The van der Waals surface area contributed by atoms with Crippen molar-refractivity contribution in [2.45, 2.75) is 13.5 Å². The summed E-state index contributed by atoms with van der Waals surface area (Å²) in [5.41, 5.74) is 2.38. The number of nitrogens with zero attached hydrogens (tertiary/aromatic N) is 1. The average Bonchev–Trinajstić information content (AvgIpc) is 2.32. The highest BCUT2D eigenvalue weighted by atomic mass is 79.9. The summed E-state index contributed by atoms with van der Waals surface area (Å²) in [6, 6.07) is 7.56. The lowest BCUT2D eigenvalue weighted by molar-refractivity contribution is 0.507. The number of rotatable bonds is 3. The van der Waals surface area contributed by atoms with Crippen LogP contribution in [0, 0.1) is 18.6 Å². The molecule has 1 N–H and O–H groups in total. The molecule has 94 valence electrons. The fourth-order valence-electron chi connectivity index (χ4n) is 1.56. The second kappa shape index (κ2) is 5.44. The molecule has 0 atom stereocenters. The van der Waals surface area contributed by atoms with E-state index in [1.165, 1.54) is 6.07 Å². The Bertz CT molecular complexity index is 573. The second-order valence-corrected chi connectivity index (χ2v) is 4.68. The predicted octanol–water partition coefficient (Wildman–Crippen LogP) is 4.04. The van der Waals surface area contributed by atoms with Crippen LogP contribution in [0.2, 0.25) is 0 Å². The summed E-state index contributed by atoms with van der Waals surface area (Å²) in [7, 11) is 0. The molecular formula is C13H11BrF2N2. The van der Waals surface area contributed by atoms with Crippen LogP contribution in [0.25, 0.3) is 0 Å². The molecule has 0 fully saturated rings. The number of halogens is 3. The van der Waals surface area contributed by atoms with Crippen LogP contribution >= 0.6 is 15.9 Å². The molecule has 0 radical (unpaired) electrons. The first-order chi connectivity index (χ1) is 8.56. The highest BCUT2D eigenvalue weighted by Crippen LogP contribution is 2.17. The van der Waals surface area contributed by atoms with Crippen molar-refractivity contribution in [2.24, 2.45) is 0 Å². The number of hydrogen-bond donors (Lipinski definition) is 1. The molecule has 1 aromatic carbocycles. The van der Waals surface area contributed by atoms with Crippen molar-refractivity contribution < 1.29 is 8.78 Å². The normalized spacial score (nSPS) is 10.4. The lowest BCUT2D eigenvalue weighted by Crippen LogP contribution is -2.03. The largest absolute Gasteiger partial charge is 0.379 e. The van der Waals surface area contributed by atoms with Gasteiger partial charge in [0.15, 0.2) is 11.6 Å². The molecule has 0 bridgehead atoms. The van der Waals surface area contributed by atoms with Crippen molar-refractivity contribution in [1.82, 2.24) is 4.98 Å². The van der Waals surface area contributed by atoms with Gasteiger partial charge in [0, 0.05) is 6.54 Å². The van der Waals surface area contributed by atoms with Gasteiger partial charge in [-0.1, -0.05) is 6.07 Å². The number of nitrogens with one attached hydrogen (secondary N) is 1. The van der Waals surface area contributed by atoms with E-state index in [0.29, 0.717) is 12.1 Å². The van der Waals surface area contributed by atoms with Crippen LogP contribution in [0.15, 0.2) is 34.9 Å². The average molecular weight is 313 g/mol. The third kappa shape index (κ3) is 3.04. The van der Waals surface area contributed by atoms with E-state index in [1.807, 2.05) is 19.1 Å². The first-order valence-electron chi connectivity index (χ1n) is 5.37. The van der Waals surface area contributed by atoms with E-state index < -0.39 is 11.6 Å². The van der Waals surface area contributed by atoms with Gasteiger partial charge >= 0.3 is 0 Å². The predicted molar refractivity (Wildman–Crippen MR) is 70.4 cm³/mol. The SMILES string of the molecule is Cc1nc(Br)ccc1NCc1ccc(F)c(F)c1. The zero-order valence-electron chi connectivity index (χ0n) is 9.67. The summed E-state index contributed by atoms with van der Waals surface area (Å²) in [6.07, 6.45) is 0. The van der Waals surface area contributed by atoms with E-state index in [2.05, 4.69) is 26.2 Å². The van der Waals surface area contributed by atoms with E-state index in [1.54, 1.807) is 6.07 Å². The fraction of sp³-hybridized carbons (Fsp3) is 0.154. The molecule has 0 amide bonds. The van der Waals surface area contributed by atoms with E-state index in [4.69, 9.17) is 0 Å². The lowest BCUT2D eigenvalue weighted by Gasteiger charge is -2.09. The van der Waals surface area contributed by atoms with E-state index in [-0.39, 0.29) is 0 Å². The van der Waals surface area contributed by atoms with Gasteiger partial charge in [0.1, 0.15) is 4.60 Å². The number of pyridine rings is 1. The summed E-state index contributed by atoms with van der Waals surface area (Å²) < 4.78 is 26.5. The van der Waals surface area contributed by atoms with Gasteiger partial charge in [-0.05, 0) is 52.7 Å². The molecule has 2 rings (SSSR count). The maximum Gasteiger partial charge on any atom is 0.159 e. The topological polar surface area (TPSA) is 24.9 Å². The lowest BCUT2D eigenvalue weighted by atomic mass is 10.2. The highest BCUT2D eigenvalue weighted by Gasteiger charge is 2.04. The molecule has 18 heavy (non-hydrogen) atoms. The summed E-state index contributed by atoms with van der Waals surface area (Å²) in [5.74, 6) is -1.67. The second-order valence-electron chi connectivity index (χ2n) is 3.87. The molecule has 0 spiro atoms. The van der Waals surface area contributed by atoms with Gasteiger partial charge in [-0.2, -0.15) is 0 Å². The van der Waals surface area contributed by atoms with Crippen LogP contribution in [-0.2, 0) is 6.54 Å². The number of aryl methyl sites for hydroxylation is 1. The fourth-order valence-corrected chi connectivity index (χ4v) is 1.96. The molecule has 0 saturated carbocycles. The number of anilines is 1. The van der Waals surface area contributed by atoms with Crippen LogP contribution in [-0.4, -0.2) is 4.98 Å². The molecule has 1 heterocycles. The van der Waals surface area contributed by atoms with Crippen LogP contribution in [0.3, 0.4) is 0 Å². The molecule has 2 nitrogen and oxygen atoms in total. The summed E-state index contributed by atoms with van der Waals surface area (Å²) >= 11 is 3.28. The number of hydrogen-bond acceptors (Lipinski definition) is 2. The van der Waals surface area contributed by atoms with Gasteiger partial charge in [-0.3, -0.25) is 0 Å². The highest BCUT2D eigenvalue weighted by molar-refractivity contribution is 9.10. The van der Waals surface area contributed by atoms with Gasteiger partial charge in [0.2, 0.25) is 0 Å². The first-order valence-corrected chi connectivity index (χ1v) is 6.16. The van der Waals surface area contributed by atoms with Crippen molar-refractivity contribution in [3.05, 3.63) is 57.8 Å². The van der Waals surface area contributed by atoms with E-state index in [0.717, 1.165) is 22.1 Å². The van der Waals surface area contributed by atoms with Crippen LogP contribution in [0.1, 0.15) is 11.3 Å². The van der Waals surface area contributed by atoms with Crippen LogP contribution in [0.4, 0.5) is 14.5 Å². The smallest absolute Gasteiger partial charge is 0.159 e. The Balaban J connectivity index is 2.09. The van der Waals surface area contributed by atoms with Gasteiger partial charge in [0.05, 0.1) is 11.4 Å². The van der Waals surface area contributed by atoms with Crippen molar-refractivity contribution >= 4 is 21.6 Å². The van der Waals surface area contributed by atoms with E-state index >= 15 is 0 Å². The third-order valence-corrected chi connectivity index (χ3v) is 2.96. The standard InChI is InChI=1S/C13H11BrF2N2/c1-8-12(4-5-13(14)18-8)17-7-9-2-3-10(15)11(16)6-9/h2-6,17H,7H2,1H3. The van der Waals surface area contributed by atoms with Gasteiger partial charge in [-0.15, -0.1) is 0 Å². The van der Waals surface area contributed by atoms with Gasteiger partial charge < -0.3 is 5.32 Å². The van der Waals surface area contributed by atoms with Crippen LogP contribution in [0.5, 0.6) is 0 Å². The Hall–Kier alpha value is -1.49. The van der Waals surface area contributed by atoms with Crippen molar-refractivity contribution in [1.29, 1.82) is 0 Å². The maximum atomic E-state index is 13.0. The monoisotopic (exact) mass is 312 g/mol. The molecule has 0 unspecified atom stereocenters. The minimum atomic E-state index is -0.833. The Morgan fingerprint density at radius 3 is 2.61 bits per heavy atom. The quantitative estimate of drug-likeness (QED) is 0.865. The minimum absolute atomic E-state index is 0.418. The molecule has 0 saturated heterocycles. The number of benzene rings is 1. The van der Waals surface area contributed by atoms with Gasteiger partial charge in [0.25, 0.3) is 0 Å². The van der Waals surface area contributed by atoms with Crippen molar-refractivity contribution in [3.63, 3.8) is 0 Å². The maximum absolute atomic E-state index is 13.0. The van der Waals surface area contributed by atoms with Gasteiger partial charge in [-0.25, -0.2) is 13.8 Å². The summed E-state index contributed by atoms with van der Waals surface area (Å²) in [4.78, 5) is 4.24. The molecule has 0 aliphatic rings. The Labute approximate surface area is 112 Å². The third-order valence-electron chi connectivity index (χ3n) is 2.52. The first kappa shape index (κ1) is 13.0. The zero-order chi connectivity index (χ0) is 13.1. The molecule has 1 aromatic heterocycles. The summed E-state index contributed by atoms with van der Waals surface area (Å²) in [6.45, 7) is 2.29. The molecule has 0 aliphatic carbocycles. The minimum Gasteiger partial charge on any atom is -0.379 e. The van der Waals surface area contributed by atoms with E-state index in [9.17, 15) is 8.78 Å². The molecule has 5 heteroatoms.